The van der Waals surface area contributed by atoms with Crippen molar-refractivity contribution in [3.8, 4) is 17.2 Å². The largest absolute Gasteiger partial charge is 0.484 e. The predicted molar refractivity (Wildman–Crippen MR) is 90.8 cm³/mol. The molecule has 3 rings (SSSR count). The summed E-state index contributed by atoms with van der Waals surface area (Å²) < 4.78 is 11.2. The van der Waals surface area contributed by atoms with E-state index < -0.39 is 6.10 Å². The van der Waals surface area contributed by atoms with Crippen molar-refractivity contribution in [1.82, 2.24) is 10.2 Å². The highest BCUT2D eigenvalue weighted by molar-refractivity contribution is 6.33. The van der Waals surface area contributed by atoms with Gasteiger partial charge in [0.05, 0.1) is 16.7 Å². The van der Waals surface area contributed by atoms with Gasteiger partial charge < -0.3 is 14.3 Å². The van der Waals surface area contributed by atoms with Crippen molar-refractivity contribution < 1.29 is 14.3 Å². The average molecular weight is 345 g/mol. The van der Waals surface area contributed by atoms with Crippen molar-refractivity contribution >= 4 is 11.6 Å². The normalized spacial score (nSPS) is 12.1. The lowest BCUT2D eigenvalue weighted by Gasteiger charge is -2.09. The van der Waals surface area contributed by atoms with Crippen molar-refractivity contribution in [3.05, 3.63) is 65.0 Å². The molecule has 0 radical (unpaired) electrons. The molecule has 1 aromatic heterocycles. The van der Waals surface area contributed by atoms with Crippen molar-refractivity contribution in [2.75, 3.05) is 0 Å². The summed E-state index contributed by atoms with van der Waals surface area (Å²) in [5.74, 6) is 1.39. The Morgan fingerprint density at radius 1 is 1.12 bits per heavy atom. The molecule has 24 heavy (non-hydrogen) atoms. The fourth-order valence-electron chi connectivity index (χ4n) is 2.22. The van der Waals surface area contributed by atoms with Crippen LogP contribution >= 0.6 is 11.6 Å². The SMILES string of the molecule is CCC(O)c1ccc(OCc2nnc(-c3ccccc3Cl)o2)cc1. The van der Waals surface area contributed by atoms with Crippen LogP contribution in [0.1, 0.15) is 30.9 Å². The summed E-state index contributed by atoms with van der Waals surface area (Å²) in [5, 5.41) is 18.3. The van der Waals surface area contributed by atoms with Crippen LogP contribution in [-0.2, 0) is 6.61 Å². The van der Waals surface area contributed by atoms with Gasteiger partial charge in [0.1, 0.15) is 5.75 Å². The van der Waals surface area contributed by atoms with Gasteiger partial charge in [0.15, 0.2) is 6.61 Å². The van der Waals surface area contributed by atoms with Crippen molar-refractivity contribution in [2.45, 2.75) is 26.1 Å². The van der Waals surface area contributed by atoms with E-state index in [4.69, 9.17) is 20.8 Å². The molecule has 0 aliphatic carbocycles. The van der Waals surface area contributed by atoms with Gasteiger partial charge in [0.2, 0.25) is 5.89 Å². The van der Waals surface area contributed by atoms with Crippen molar-refractivity contribution in [3.63, 3.8) is 0 Å². The zero-order valence-corrected chi connectivity index (χ0v) is 13.9. The van der Waals surface area contributed by atoms with Crippen LogP contribution in [-0.4, -0.2) is 15.3 Å². The van der Waals surface area contributed by atoms with E-state index >= 15 is 0 Å². The Bertz CT molecular complexity index is 802. The summed E-state index contributed by atoms with van der Waals surface area (Å²) in [4.78, 5) is 0. The lowest BCUT2D eigenvalue weighted by atomic mass is 10.1. The predicted octanol–water partition coefficient (Wildman–Crippen LogP) is 4.41. The maximum absolute atomic E-state index is 9.78. The third-order valence-corrected chi connectivity index (χ3v) is 3.91. The summed E-state index contributed by atoms with van der Waals surface area (Å²) in [6, 6.07) is 14.6. The van der Waals surface area contributed by atoms with E-state index in [2.05, 4.69) is 10.2 Å². The summed E-state index contributed by atoms with van der Waals surface area (Å²) in [6.45, 7) is 2.09. The quantitative estimate of drug-likeness (QED) is 0.717. The summed E-state index contributed by atoms with van der Waals surface area (Å²) in [7, 11) is 0. The zero-order valence-electron chi connectivity index (χ0n) is 13.1. The highest BCUT2D eigenvalue weighted by Gasteiger charge is 2.12. The van der Waals surface area contributed by atoms with Crippen LogP contribution in [0, 0.1) is 0 Å². The fourth-order valence-corrected chi connectivity index (χ4v) is 2.44. The minimum atomic E-state index is -0.451. The number of hydrogen-bond acceptors (Lipinski definition) is 5. The third kappa shape index (κ3) is 3.75. The van der Waals surface area contributed by atoms with Gasteiger partial charge in [0.25, 0.3) is 5.89 Å². The molecule has 1 atom stereocenters. The molecule has 1 N–H and O–H groups in total. The molecule has 6 heteroatoms. The van der Waals surface area contributed by atoms with Gasteiger partial charge in [-0.05, 0) is 36.2 Å². The van der Waals surface area contributed by atoms with Gasteiger partial charge in [-0.2, -0.15) is 0 Å². The molecule has 0 spiro atoms. The lowest BCUT2D eigenvalue weighted by molar-refractivity contribution is 0.173. The molecule has 0 saturated carbocycles. The second-order valence-corrected chi connectivity index (χ2v) is 5.67. The molecule has 0 amide bonds. The highest BCUT2D eigenvalue weighted by Crippen LogP contribution is 2.26. The second-order valence-electron chi connectivity index (χ2n) is 5.26. The number of aromatic nitrogens is 2. The van der Waals surface area contributed by atoms with E-state index in [9.17, 15) is 5.11 Å². The Labute approximate surface area is 144 Å². The molecule has 1 unspecified atom stereocenters. The first-order valence-electron chi connectivity index (χ1n) is 7.65. The maximum Gasteiger partial charge on any atom is 0.254 e. The van der Waals surface area contributed by atoms with Gasteiger partial charge in [-0.1, -0.05) is 42.8 Å². The van der Waals surface area contributed by atoms with Gasteiger partial charge >= 0.3 is 0 Å². The van der Waals surface area contributed by atoms with Gasteiger partial charge in [0, 0.05) is 0 Å². The lowest BCUT2D eigenvalue weighted by Crippen LogP contribution is -1.97. The first-order valence-corrected chi connectivity index (χ1v) is 8.03. The number of aliphatic hydroxyl groups is 1. The highest BCUT2D eigenvalue weighted by atomic mass is 35.5. The molecule has 0 saturated heterocycles. The number of aliphatic hydroxyl groups excluding tert-OH is 1. The van der Waals surface area contributed by atoms with Crippen LogP contribution in [0.5, 0.6) is 5.75 Å². The van der Waals surface area contributed by atoms with E-state index in [-0.39, 0.29) is 6.61 Å². The molecular formula is C18H17ClN2O3. The Hall–Kier alpha value is -2.37. The third-order valence-electron chi connectivity index (χ3n) is 3.58. The fraction of sp³-hybridized carbons (Fsp3) is 0.222. The number of nitrogens with zero attached hydrogens (tertiary/aromatic N) is 2. The molecule has 0 aliphatic rings. The van der Waals surface area contributed by atoms with E-state index in [0.717, 1.165) is 5.56 Å². The second kappa shape index (κ2) is 7.47. The van der Waals surface area contributed by atoms with E-state index in [1.165, 1.54) is 0 Å². The molecular weight excluding hydrogens is 328 g/mol. The number of rotatable bonds is 6. The topological polar surface area (TPSA) is 68.4 Å². The van der Waals surface area contributed by atoms with Crippen LogP contribution in [0.4, 0.5) is 0 Å². The first-order chi connectivity index (χ1) is 11.7. The molecule has 5 nitrogen and oxygen atoms in total. The number of benzene rings is 2. The standard InChI is InChI=1S/C18H17ClN2O3/c1-2-16(22)12-7-9-13(10-8-12)23-11-17-20-21-18(24-17)14-5-3-4-6-15(14)19/h3-10,16,22H,2,11H2,1H3. The monoisotopic (exact) mass is 344 g/mol. The van der Waals surface area contributed by atoms with Crippen LogP contribution in [0.2, 0.25) is 5.02 Å². The molecule has 124 valence electrons. The minimum Gasteiger partial charge on any atom is -0.484 e. The van der Waals surface area contributed by atoms with Crippen molar-refractivity contribution in [1.29, 1.82) is 0 Å². The van der Waals surface area contributed by atoms with Crippen LogP contribution in [0.25, 0.3) is 11.5 Å². The van der Waals surface area contributed by atoms with Gasteiger partial charge in [-0.3, -0.25) is 0 Å². The Morgan fingerprint density at radius 2 is 1.88 bits per heavy atom. The van der Waals surface area contributed by atoms with E-state index in [0.29, 0.717) is 34.5 Å². The average Bonchev–Trinajstić information content (AvgIpc) is 3.09. The first kappa shape index (κ1) is 16.5. The van der Waals surface area contributed by atoms with Crippen molar-refractivity contribution in [2.24, 2.45) is 0 Å². The van der Waals surface area contributed by atoms with Gasteiger partial charge in [-0.25, -0.2) is 0 Å². The maximum atomic E-state index is 9.78. The molecule has 1 heterocycles. The minimum absolute atomic E-state index is 0.160. The molecule has 0 fully saturated rings. The van der Waals surface area contributed by atoms with Crippen LogP contribution in [0.3, 0.4) is 0 Å². The number of halogens is 1. The molecule has 0 aliphatic heterocycles. The molecule has 0 bridgehead atoms. The van der Waals surface area contributed by atoms with E-state index in [1.54, 1.807) is 18.2 Å². The molecule has 3 aromatic rings. The molecule has 2 aromatic carbocycles. The van der Waals surface area contributed by atoms with Gasteiger partial charge in [-0.15, -0.1) is 10.2 Å². The Morgan fingerprint density at radius 3 is 2.58 bits per heavy atom. The zero-order chi connectivity index (χ0) is 16.9. The van der Waals surface area contributed by atoms with E-state index in [1.807, 2.05) is 37.3 Å². The Kier molecular flexibility index (Phi) is 5.13. The summed E-state index contributed by atoms with van der Waals surface area (Å²) in [5.41, 5.74) is 1.56. The summed E-state index contributed by atoms with van der Waals surface area (Å²) >= 11 is 6.11. The van der Waals surface area contributed by atoms with Crippen LogP contribution < -0.4 is 4.74 Å². The smallest absolute Gasteiger partial charge is 0.254 e. The Balaban J connectivity index is 1.64. The number of ether oxygens (including phenoxy) is 1. The van der Waals surface area contributed by atoms with Crippen LogP contribution in [0.15, 0.2) is 52.9 Å². The summed E-state index contributed by atoms with van der Waals surface area (Å²) in [6.07, 6.45) is 0.223. The number of hydrogen-bond donors (Lipinski definition) is 1.